The lowest BCUT2D eigenvalue weighted by atomic mass is 10.0. The zero-order valence-corrected chi connectivity index (χ0v) is 22.1. The number of alkyl halides is 6. The Morgan fingerprint density at radius 2 is 1.46 bits per heavy atom. The Balaban J connectivity index is 1.37. The first-order chi connectivity index (χ1) is 18.4. The molecule has 200 valence electrons. The first kappa shape index (κ1) is 27.4. The average molecular weight is 617 g/mol. The molecule has 0 unspecified atom stereocenters. The van der Waals surface area contributed by atoms with Gasteiger partial charge in [0.1, 0.15) is 10.2 Å². The molecule has 0 saturated carbocycles. The van der Waals surface area contributed by atoms with E-state index in [0.717, 1.165) is 23.0 Å². The van der Waals surface area contributed by atoms with Crippen molar-refractivity contribution in [1.82, 2.24) is 30.1 Å². The predicted octanol–water partition coefficient (Wildman–Crippen LogP) is 8.38. The van der Waals surface area contributed by atoms with Gasteiger partial charge in [-0.05, 0) is 41.7 Å². The van der Waals surface area contributed by atoms with E-state index in [4.69, 9.17) is 11.6 Å². The van der Waals surface area contributed by atoms with E-state index < -0.39 is 29.0 Å². The van der Waals surface area contributed by atoms with Crippen LogP contribution >= 0.6 is 46.5 Å². The number of benzene rings is 2. The van der Waals surface area contributed by atoms with Crippen molar-refractivity contribution in [3.05, 3.63) is 76.3 Å². The van der Waals surface area contributed by atoms with Gasteiger partial charge in [0.2, 0.25) is 0 Å². The Hall–Kier alpha value is -3.14. The second-order valence-electron chi connectivity index (χ2n) is 7.64. The van der Waals surface area contributed by atoms with Crippen molar-refractivity contribution in [3.8, 4) is 22.6 Å². The van der Waals surface area contributed by atoms with Crippen molar-refractivity contribution in [3.63, 3.8) is 0 Å². The Bertz CT molecular complexity index is 1590. The Morgan fingerprint density at radius 1 is 0.769 bits per heavy atom. The van der Waals surface area contributed by atoms with Gasteiger partial charge in [-0.1, -0.05) is 41.9 Å². The molecule has 0 aliphatic heterocycles. The van der Waals surface area contributed by atoms with Gasteiger partial charge >= 0.3 is 12.4 Å². The Labute approximate surface area is 233 Å². The van der Waals surface area contributed by atoms with Crippen LogP contribution in [0.25, 0.3) is 22.6 Å². The highest BCUT2D eigenvalue weighted by Crippen LogP contribution is 2.39. The van der Waals surface area contributed by atoms with Crippen molar-refractivity contribution in [2.24, 2.45) is 0 Å². The summed E-state index contributed by atoms with van der Waals surface area (Å²) in [5, 5.41) is 8.97. The standard InChI is InChI=1S/C23H11ClF6N6S3/c24-16-9-17(33-19(32-16)39-21-31-15(10-37-21)11-4-2-1-3-5-11)38-20-34-18(35-36-20)12-6-13(22(25,26)27)8-14(7-12)23(28,29)30/h1-10H,(H,34,35,36). The van der Waals surface area contributed by atoms with E-state index in [2.05, 4.69) is 30.1 Å². The van der Waals surface area contributed by atoms with Gasteiger partial charge in [-0.25, -0.2) is 19.9 Å². The van der Waals surface area contributed by atoms with Crippen LogP contribution in [0.3, 0.4) is 0 Å². The maximum absolute atomic E-state index is 13.2. The molecule has 0 fully saturated rings. The van der Waals surface area contributed by atoms with Crippen LogP contribution in [0, 0.1) is 0 Å². The zero-order chi connectivity index (χ0) is 27.8. The van der Waals surface area contributed by atoms with Gasteiger partial charge in [-0.2, -0.15) is 31.4 Å². The minimum atomic E-state index is -4.99. The van der Waals surface area contributed by atoms with Crippen molar-refractivity contribution < 1.29 is 26.3 Å². The van der Waals surface area contributed by atoms with Crippen molar-refractivity contribution in [1.29, 1.82) is 0 Å². The molecule has 0 atom stereocenters. The lowest BCUT2D eigenvalue weighted by Crippen LogP contribution is -2.11. The third-order valence-electron chi connectivity index (χ3n) is 4.89. The number of nitrogens with zero attached hydrogens (tertiary/aromatic N) is 5. The van der Waals surface area contributed by atoms with Gasteiger partial charge in [-0.15, -0.1) is 11.3 Å². The molecule has 0 aliphatic carbocycles. The zero-order valence-electron chi connectivity index (χ0n) is 18.9. The summed E-state index contributed by atoms with van der Waals surface area (Å²) >= 11 is 9.65. The van der Waals surface area contributed by atoms with Crippen LogP contribution in [0.4, 0.5) is 26.3 Å². The van der Waals surface area contributed by atoms with Crippen LogP contribution < -0.4 is 0 Å². The molecule has 0 aliphatic rings. The Kier molecular flexibility index (Phi) is 7.59. The smallest absolute Gasteiger partial charge is 0.253 e. The number of aromatic nitrogens is 6. The molecule has 39 heavy (non-hydrogen) atoms. The van der Waals surface area contributed by atoms with Crippen molar-refractivity contribution in [2.45, 2.75) is 32.0 Å². The van der Waals surface area contributed by atoms with Crippen LogP contribution in [0.15, 0.2) is 79.7 Å². The van der Waals surface area contributed by atoms with E-state index >= 15 is 0 Å². The number of H-pyrrole nitrogens is 1. The molecule has 5 rings (SSSR count). The lowest BCUT2D eigenvalue weighted by molar-refractivity contribution is -0.143. The largest absolute Gasteiger partial charge is 0.416 e. The molecule has 0 amide bonds. The molecule has 1 N–H and O–H groups in total. The third-order valence-corrected chi connectivity index (χ3v) is 7.69. The molecule has 0 radical (unpaired) electrons. The maximum atomic E-state index is 13.2. The van der Waals surface area contributed by atoms with Crippen LogP contribution in [-0.4, -0.2) is 30.1 Å². The molecule has 3 aromatic heterocycles. The number of thiazole rings is 1. The first-order valence-corrected chi connectivity index (χ1v) is 13.5. The van der Waals surface area contributed by atoms with E-state index in [1.165, 1.54) is 29.2 Å². The number of rotatable bonds is 6. The second kappa shape index (κ2) is 10.8. The van der Waals surface area contributed by atoms with Gasteiger partial charge in [0, 0.05) is 22.6 Å². The van der Waals surface area contributed by atoms with Crippen LogP contribution in [0.1, 0.15) is 11.1 Å². The summed E-state index contributed by atoms with van der Waals surface area (Å²) in [6.45, 7) is 0. The highest BCUT2D eigenvalue weighted by Gasteiger charge is 2.37. The first-order valence-electron chi connectivity index (χ1n) is 10.6. The van der Waals surface area contributed by atoms with E-state index in [-0.39, 0.29) is 27.4 Å². The van der Waals surface area contributed by atoms with Gasteiger partial charge in [0.15, 0.2) is 20.5 Å². The molecular weight excluding hydrogens is 606 g/mol. The molecule has 2 aromatic carbocycles. The molecule has 0 spiro atoms. The monoisotopic (exact) mass is 616 g/mol. The van der Waals surface area contributed by atoms with E-state index in [1.807, 2.05) is 35.7 Å². The fraction of sp³-hybridized carbons (Fsp3) is 0.0870. The van der Waals surface area contributed by atoms with Gasteiger partial charge < -0.3 is 0 Å². The lowest BCUT2D eigenvalue weighted by Gasteiger charge is -2.13. The number of halogens is 7. The molecule has 3 heterocycles. The molecule has 0 saturated heterocycles. The van der Waals surface area contributed by atoms with Crippen LogP contribution in [0.5, 0.6) is 0 Å². The molecule has 16 heteroatoms. The van der Waals surface area contributed by atoms with Gasteiger partial charge in [-0.3, -0.25) is 5.10 Å². The maximum Gasteiger partial charge on any atom is 0.416 e. The van der Waals surface area contributed by atoms with Gasteiger partial charge in [0.05, 0.1) is 16.8 Å². The minimum absolute atomic E-state index is 0.0408. The molecule has 5 aromatic rings. The number of aromatic amines is 1. The number of hydrogen-bond acceptors (Lipinski definition) is 8. The predicted molar refractivity (Wildman–Crippen MR) is 135 cm³/mol. The third kappa shape index (κ3) is 6.72. The summed E-state index contributed by atoms with van der Waals surface area (Å²) in [4.78, 5) is 17.2. The highest BCUT2D eigenvalue weighted by atomic mass is 35.5. The number of hydrogen-bond donors (Lipinski definition) is 1. The van der Waals surface area contributed by atoms with E-state index in [1.54, 1.807) is 0 Å². The molecule has 0 bridgehead atoms. The summed E-state index contributed by atoms with van der Waals surface area (Å²) in [6, 6.07) is 12.2. The van der Waals surface area contributed by atoms with Crippen LogP contribution in [-0.2, 0) is 12.4 Å². The van der Waals surface area contributed by atoms with E-state index in [0.29, 0.717) is 21.5 Å². The fourth-order valence-corrected chi connectivity index (χ4v) is 5.98. The summed E-state index contributed by atoms with van der Waals surface area (Å²) in [7, 11) is 0. The van der Waals surface area contributed by atoms with Crippen molar-refractivity contribution >= 4 is 46.5 Å². The minimum Gasteiger partial charge on any atom is -0.253 e. The molecular formula is C23H11ClF6N6S3. The van der Waals surface area contributed by atoms with E-state index in [9.17, 15) is 26.3 Å². The van der Waals surface area contributed by atoms with Crippen molar-refractivity contribution in [2.75, 3.05) is 0 Å². The summed E-state index contributed by atoms with van der Waals surface area (Å²) in [6.07, 6.45) is -9.98. The molecule has 6 nitrogen and oxygen atoms in total. The van der Waals surface area contributed by atoms with Crippen LogP contribution in [0.2, 0.25) is 5.15 Å². The highest BCUT2D eigenvalue weighted by molar-refractivity contribution is 8.01. The second-order valence-corrected chi connectivity index (χ2v) is 11.1. The Morgan fingerprint density at radius 3 is 2.13 bits per heavy atom. The van der Waals surface area contributed by atoms with Gasteiger partial charge in [0.25, 0.3) is 0 Å². The topological polar surface area (TPSA) is 80.2 Å². The fourth-order valence-electron chi connectivity index (χ4n) is 3.20. The summed E-state index contributed by atoms with van der Waals surface area (Å²) < 4.78 is 79.9. The number of nitrogens with one attached hydrogen (secondary N) is 1. The quantitative estimate of drug-likeness (QED) is 0.117. The average Bonchev–Trinajstić information content (AvgIpc) is 3.53. The summed E-state index contributed by atoms with van der Waals surface area (Å²) in [5.41, 5.74) is -1.64. The SMILES string of the molecule is FC(F)(F)c1cc(-c2n[nH]c(Sc3cc(Cl)nc(Sc4nc(-c5ccccc5)cs4)n3)n2)cc(C(F)(F)F)c1. The normalized spacial score (nSPS) is 12.2. The summed E-state index contributed by atoms with van der Waals surface area (Å²) in [5.74, 6) is -0.347.